The Kier molecular flexibility index (Phi) is 5.43. The zero-order valence-corrected chi connectivity index (χ0v) is 7.69. The number of hydrogen-bond acceptors (Lipinski definition) is 1. The largest absolute Gasteiger partial charge is 0.330 e. The second kappa shape index (κ2) is 5.32. The molecule has 8 heavy (non-hydrogen) atoms. The van der Waals surface area contributed by atoms with Crippen molar-refractivity contribution in [3.63, 3.8) is 0 Å². The highest BCUT2D eigenvalue weighted by molar-refractivity contribution is 6.29. The van der Waals surface area contributed by atoms with E-state index in [1.54, 1.807) is 0 Å². The van der Waals surface area contributed by atoms with Gasteiger partial charge in [-0.1, -0.05) is 20.4 Å². The highest BCUT2D eigenvalue weighted by Gasteiger charge is 1.93. The lowest BCUT2D eigenvalue weighted by Crippen LogP contribution is -2.25. The van der Waals surface area contributed by atoms with Gasteiger partial charge >= 0.3 is 0 Å². The van der Waals surface area contributed by atoms with E-state index in [0.29, 0.717) is 0 Å². The van der Waals surface area contributed by atoms with Crippen molar-refractivity contribution < 1.29 is 0 Å². The molecule has 0 aromatic heterocycles. The van der Waals surface area contributed by atoms with E-state index in [0.717, 1.165) is 0 Å². The van der Waals surface area contributed by atoms with Crippen LogP contribution in [0.3, 0.4) is 0 Å². The minimum Gasteiger partial charge on any atom is -0.330 e. The summed E-state index contributed by atoms with van der Waals surface area (Å²) in [5.74, 6) is 0. The molecule has 0 spiro atoms. The predicted molar refractivity (Wildman–Crippen MR) is 41.9 cm³/mol. The van der Waals surface area contributed by atoms with Crippen molar-refractivity contribution in [1.29, 1.82) is 0 Å². The van der Waals surface area contributed by atoms with E-state index < -0.39 is 0 Å². The lowest BCUT2D eigenvalue weighted by Gasteiger charge is -2.15. The van der Waals surface area contributed by atoms with Crippen LogP contribution in [-0.4, -0.2) is 27.3 Å². The molecule has 0 atom stereocenters. The summed E-state index contributed by atoms with van der Waals surface area (Å²) in [6, 6.07) is 0. The molecule has 0 rings (SSSR count). The zero-order chi connectivity index (χ0) is 6.41. The third-order valence-corrected chi connectivity index (χ3v) is 3.09. The first kappa shape index (κ1) is 8.18. The lowest BCUT2D eigenvalue weighted by atomic mass is 10.5. The first-order chi connectivity index (χ1) is 3.85. The number of nitrogens with zero attached hydrogens (tertiary/aromatic N) is 1. The van der Waals surface area contributed by atoms with Gasteiger partial charge < -0.3 is 4.57 Å². The van der Waals surface area contributed by atoms with E-state index in [9.17, 15) is 0 Å². The summed E-state index contributed by atoms with van der Waals surface area (Å²) in [6.07, 6.45) is 1.31. The molecule has 0 fully saturated rings. The topological polar surface area (TPSA) is 3.24 Å². The van der Waals surface area contributed by atoms with Crippen LogP contribution in [0.25, 0.3) is 0 Å². The van der Waals surface area contributed by atoms with E-state index in [1.165, 1.54) is 19.5 Å². The van der Waals surface area contributed by atoms with E-state index in [-0.39, 0.29) is 9.68 Å². The van der Waals surface area contributed by atoms with Crippen molar-refractivity contribution in [2.45, 2.75) is 26.8 Å². The van der Waals surface area contributed by atoms with Gasteiger partial charge in [0, 0.05) is 0 Å². The maximum Gasteiger partial charge on any atom is 0.0919 e. The molecular formula is C6H17NSi. The molecule has 0 saturated carbocycles. The van der Waals surface area contributed by atoms with E-state index in [1.807, 2.05) is 0 Å². The molecule has 1 nitrogen and oxygen atoms in total. The van der Waals surface area contributed by atoms with Gasteiger partial charge in [0.1, 0.15) is 0 Å². The van der Waals surface area contributed by atoms with Crippen molar-refractivity contribution >= 4 is 9.68 Å². The fourth-order valence-corrected chi connectivity index (χ4v) is 1.94. The number of rotatable bonds is 4. The van der Waals surface area contributed by atoms with Gasteiger partial charge in [-0.2, -0.15) is 0 Å². The Hall–Kier alpha value is 0.177. The first-order valence-electron chi connectivity index (χ1n) is 3.57. The van der Waals surface area contributed by atoms with Crippen LogP contribution in [0.5, 0.6) is 0 Å². The van der Waals surface area contributed by atoms with Crippen molar-refractivity contribution in [2.75, 3.05) is 13.1 Å². The van der Waals surface area contributed by atoms with Gasteiger partial charge in [0.05, 0.1) is 9.68 Å². The molecule has 50 valence electrons. The van der Waals surface area contributed by atoms with Crippen LogP contribution in [0.15, 0.2) is 0 Å². The summed E-state index contributed by atoms with van der Waals surface area (Å²) < 4.78 is 2.57. The Bertz CT molecular complexity index is 43.8. The van der Waals surface area contributed by atoms with E-state index in [2.05, 4.69) is 25.0 Å². The maximum atomic E-state index is 2.57. The van der Waals surface area contributed by atoms with Crippen molar-refractivity contribution in [2.24, 2.45) is 0 Å². The highest BCUT2D eigenvalue weighted by atomic mass is 28.2. The summed E-state index contributed by atoms with van der Waals surface area (Å²) >= 11 is 0. The zero-order valence-electron chi connectivity index (χ0n) is 6.28. The smallest absolute Gasteiger partial charge is 0.0919 e. The van der Waals surface area contributed by atoms with E-state index >= 15 is 0 Å². The highest BCUT2D eigenvalue weighted by Crippen LogP contribution is 1.85. The Labute approximate surface area is 55.0 Å². The molecular weight excluding hydrogens is 114 g/mol. The summed E-state index contributed by atoms with van der Waals surface area (Å²) in [5, 5.41) is 0. The quantitative estimate of drug-likeness (QED) is 0.511. The van der Waals surface area contributed by atoms with Gasteiger partial charge in [-0.05, 0) is 19.5 Å². The second-order valence-corrected chi connectivity index (χ2v) is 3.55. The van der Waals surface area contributed by atoms with Crippen LogP contribution in [0, 0.1) is 0 Å². The Morgan fingerprint density at radius 1 is 1.38 bits per heavy atom. The molecule has 0 amide bonds. The van der Waals surface area contributed by atoms with Crippen LogP contribution < -0.4 is 0 Å². The van der Waals surface area contributed by atoms with Crippen molar-refractivity contribution in [1.82, 2.24) is 4.57 Å². The Balaban J connectivity index is 3.07. The molecule has 0 saturated heterocycles. The average molecular weight is 131 g/mol. The van der Waals surface area contributed by atoms with Gasteiger partial charge in [-0.25, -0.2) is 0 Å². The van der Waals surface area contributed by atoms with Gasteiger partial charge in [-0.3, -0.25) is 0 Å². The van der Waals surface area contributed by atoms with Crippen LogP contribution >= 0.6 is 0 Å². The molecule has 0 unspecified atom stereocenters. The van der Waals surface area contributed by atoms with Crippen LogP contribution in [-0.2, 0) is 0 Å². The fourth-order valence-electron chi connectivity index (χ4n) is 0.856. The molecule has 2 heteroatoms. The monoisotopic (exact) mass is 131 g/mol. The maximum absolute atomic E-state index is 2.57. The fraction of sp³-hybridized carbons (Fsp3) is 1.00. The molecule has 0 aliphatic heterocycles. The first-order valence-corrected chi connectivity index (χ1v) is 5.62. The number of hydrogen-bond donors (Lipinski definition) is 0. The van der Waals surface area contributed by atoms with Gasteiger partial charge in [0.15, 0.2) is 0 Å². The third kappa shape index (κ3) is 3.21. The minimum absolute atomic E-state index is 0.150. The molecule has 0 bridgehead atoms. The van der Waals surface area contributed by atoms with Crippen molar-refractivity contribution in [3.8, 4) is 0 Å². The van der Waals surface area contributed by atoms with Crippen LogP contribution in [0.4, 0.5) is 0 Å². The summed E-state index contributed by atoms with van der Waals surface area (Å²) in [4.78, 5) is 0. The van der Waals surface area contributed by atoms with Crippen LogP contribution in [0.2, 0.25) is 6.55 Å². The second-order valence-electron chi connectivity index (χ2n) is 2.03. The SMILES string of the molecule is CCCN(CC)[SiH2]C. The molecule has 0 aliphatic carbocycles. The van der Waals surface area contributed by atoms with Crippen molar-refractivity contribution in [3.05, 3.63) is 0 Å². The molecule has 0 N–H and O–H groups in total. The van der Waals surface area contributed by atoms with Crippen LogP contribution in [0.1, 0.15) is 20.3 Å². The lowest BCUT2D eigenvalue weighted by molar-refractivity contribution is 0.467. The Morgan fingerprint density at radius 3 is 2.12 bits per heavy atom. The van der Waals surface area contributed by atoms with Gasteiger partial charge in [0.2, 0.25) is 0 Å². The Morgan fingerprint density at radius 2 is 2.00 bits per heavy atom. The standard InChI is InChI=1S/C6H17NSi/c1-4-6-7(5-2)8-3/h4-6,8H2,1-3H3. The van der Waals surface area contributed by atoms with E-state index in [4.69, 9.17) is 0 Å². The summed E-state index contributed by atoms with van der Waals surface area (Å²) in [5.41, 5.74) is 0. The summed E-state index contributed by atoms with van der Waals surface area (Å²) in [6.45, 7) is 9.41. The third-order valence-electron chi connectivity index (χ3n) is 1.43. The molecule has 0 heterocycles. The average Bonchev–Trinajstić information content (AvgIpc) is 1.83. The molecule has 0 aromatic rings. The van der Waals surface area contributed by atoms with Gasteiger partial charge in [0.25, 0.3) is 0 Å². The molecule has 0 radical (unpaired) electrons. The predicted octanol–water partition coefficient (Wildman–Crippen LogP) is 0.850. The minimum atomic E-state index is 0.150. The molecule has 0 aliphatic rings. The summed E-state index contributed by atoms with van der Waals surface area (Å²) in [7, 11) is 0.150. The molecule has 0 aromatic carbocycles. The van der Waals surface area contributed by atoms with Gasteiger partial charge in [-0.15, -0.1) is 0 Å². The normalized spacial score (nSPS) is 12.0.